The molecule has 2 aliphatic carbocycles. The zero-order chi connectivity index (χ0) is 21.2. The summed E-state index contributed by atoms with van der Waals surface area (Å²) in [6, 6.07) is 6.30. The largest absolute Gasteiger partial charge is 0.364 e. The van der Waals surface area contributed by atoms with Gasteiger partial charge in [0.25, 0.3) is 11.8 Å². The summed E-state index contributed by atoms with van der Waals surface area (Å²) in [4.78, 5) is 38.9. The van der Waals surface area contributed by atoms with Gasteiger partial charge in [-0.25, -0.2) is 8.78 Å². The van der Waals surface area contributed by atoms with Gasteiger partial charge in [-0.1, -0.05) is 18.2 Å². The van der Waals surface area contributed by atoms with E-state index >= 15 is 0 Å². The van der Waals surface area contributed by atoms with E-state index in [2.05, 4.69) is 10.4 Å². The molecule has 1 aromatic heterocycles. The highest BCUT2D eigenvalue weighted by molar-refractivity contribution is 6.04. The maximum Gasteiger partial charge on any atom is 0.269 e. The lowest BCUT2D eigenvalue weighted by Gasteiger charge is -2.27. The number of nitrogens with one attached hydrogen (secondary N) is 1. The fraction of sp³-hybridized carbons (Fsp3) is 0.500. The monoisotopic (exact) mass is 417 g/mol. The molecule has 10 heteroatoms. The number of carbonyl (C=O) groups is 3. The smallest absolute Gasteiger partial charge is 0.269 e. The van der Waals surface area contributed by atoms with Crippen LogP contribution in [0, 0.1) is 11.8 Å². The SMILES string of the molecule is NC(=O)c1nn(CC(=O)N2[C@@H]3C[C@@H]3C[C@H]2C(=O)NCC2CC2(F)F)c2ccccc12. The molecule has 158 valence electrons. The number of para-hydroxylation sites is 1. The number of aromatic nitrogens is 2. The van der Waals surface area contributed by atoms with E-state index in [4.69, 9.17) is 5.73 Å². The van der Waals surface area contributed by atoms with Gasteiger partial charge in [-0.3, -0.25) is 19.1 Å². The molecule has 3 fully saturated rings. The Morgan fingerprint density at radius 3 is 2.67 bits per heavy atom. The van der Waals surface area contributed by atoms with Crippen LogP contribution in [0.25, 0.3) is 10.9 Å². The lowest BCUT2D eigenvalue weighted by atomic mass is 10.1. The molecule has 3 N–H and O–H groups in total. The van der Waals surface area contributed by atoms with Crippen LogP contribution in [0.1, 0.15) is 29.8 Å². The zero-order valence-corrected chi connectivity index (χ0v) is 16.1. The lowest BCUT2D eigenvalue weighted by Crippen LogP contribution is -2.49. The van der Waals surface area contributed by atoms with Crippen LogP contribution in [0.15, 0.2) is 24.3 Å². The molecule has 2 saturated carbocycles. The molecule has 0 bridgehead atoms. The molecule has 1 saturated heterocycles. The number of hydrogen-bond donors (Lipinski definition) is 2. The number of nitrogens with zero attached hydrogens (tertiary/aromatic N) is 3. The number of likely N-dealkylation sites (tertiary alicyclic amines) is 1. The summed E-state index contributed by atoms with van der Waals surface area (Å²) in [5, 5.41) is 7.35. The highest BCUT2D eigenvalue weighted by Crippen LogP contribution is 2.49. The second-order valence-electron chi connectivity index (χ2n) is 8.41. The summed E-state index contributed by atoms with van der Waals surface area (Å²) in [5.41, 5.74) is 6.09. The van der Waals surface area contributed by atoms with E-state index in [1.165, 1.54) is 4.68 Å². The minimum Gasteiger partial charge on any atom is -0.364 e. The predicted octanol–water partition coefficient (Wildman–Crippen LogP) is 0.896. The Hall–Kier alpha value is -3.04. The molecule has 5 rings (SSSR count). The average molecular weight is 417 g/mol. The second kappa shape index (κ2) is 6.48. The Balaban J connectivity index is 1.32. The Kier molecular flexibility index (Phi) is 4.09. The minimum absolute atomic E-state index is 0.00643. The normalized spacial score (nSPS) is 28.3. The number of alkyl halides is 2. The second-order valence-corrected chi connectivity index (χ2v) is 8.41. The fourth-order valence-corrected chi connectivity index (χ4v) is 4.52. The number of hydrogen-bond acceptors (Lipinski definition) is 4. The summed E-state index contributed by atoms with van der Waals surface area (Å²) in [5.74, 6) is -4.61. The first-order valence-corrected chi connectivity index (χ1v) is 9.98. The van der Waals surface area contributed by atoms with E-state index in [9.17, 15) is 23.2 Å². The van der Waals surface area contributed by atoms with Crippen molar-refractivity contribution in [2.45, 2.75) is 43.8 Å². The molecule has 1 aliphatic heterocycles. The molecule has 2 aromatic rings. The van der Waals surface area contributed by atoms with Gasteiger partial charge in [0.15, 0.2) is 5.69 Å². The summed E-state index contributed by atoms with van der Waals surface area (Å²) in [6.45, 7) is -0.215. The van der Waals surface area contributed by atoms with Crippen LogP contribution in [0.4, 0.5) is 8.78 Å². The maximum absolute atomic E-state index is 13.1. The quantitative estimate of drug-likeness (QED) is 0.727. The molecule has 4 atom stereocenters. The molecule has 3 aliphatic rings. The van der Waals surface area contributed by atoms with Crippen molar-refractivity contribution in [3.05, 3.63) is 30.0 Å². The standard InChI is InChI=1S/C20H21F2N5O3/c21-20(22)7-11(20)8-24-19(30)15-6-10-5-14(10)27(15)16(28)9-26-13-4-2-1-3-12(13)17(25-26)18(23)29/h1-4,10-11,14-15H,5-9H2,(H2,23,29)(H,24,30)/t10-,11?,14-,15+/m1/s1. The summed E-state index contributed by atoms with van der Waals surface area (Å²) in [6.07, 6.45) is 1.17. The highest BCUT2D eigenvalue weighted by atomic mass is 19.3. The van der Waals surface area contributed by atoms with Crippen molar-refractivity contribution in [3.63, 3.8) is 0 Å². The first kappa shape index (κ1) is 19.0. The van der Waals surface area contributed by atoms with Gasteiger partial charge in [-0.05, 0) is 24.8 Å². The molecular weight excluding hydrogens is 396 g/mol. The van der Waals surface area contributed by atoms with E-state index in [-0.39, 0.29) is 49.0 Å². The number of amides is 3. The van der Waals surface area contributed by atoms with Gasteiger partial charge in [0.2, 0.25) is 11.8 Å². The van der Waals surface area contributed by atoms with E-state index in [0.29, 0.717) is 17.3 Å². The van der Waals surface area contributed by atoms with Gasteiger partial charge in [0, 0.05) is 30.3 Å². The van der Waals surface area contributed by atoms with Crippen LogP contribution in [-0.4, -0.2) is 57.0 Å². The molecule has 1 aromatic carbocycles. The number of carbonyl (C=O) groups excluding carboxylic acids is 3. The van der Waals surface area contributed by atoms with E-state index in [1.807, 2.05) is 0 Å². The number of halogens is 2. The first-order chi connectivity index (χ1) is 14.3. The number of primary amides is 1. The molecule has 30 heavy (non-hydrogen) atoms. The van der Waals surface area contributed by atoms with Crippen molar-refractivity contribution >= 4 is 28.6 Å². The maximum atomic E-state index is 13.1. The van der Waals surface area contributed by atoms with Crippen LogP contribution >= 0.6 is 0 Å². The third kappa shape index (κ3) is 3.10. The molecule has 8 nitrogen and oxygen atoms in total. The van der Waals surface area contributed by atoms with Crippen molar-refractivity contribution in [1.29, 1.82) is 0 Å². The Morgan fingerprint density at radius 2 is 1.97 bits per heavy atom. The van der Waals surface area contributed by atoms with Crippen molar-refractivity contribution in [3.8, 4) is 0 Å². The van der Waals surface area contributed by atoms with Crippen molar-refractivity contribution < 1.29 is 23.2 Å². The number of piperidine rings is 1. The molecule has 1 unspecified atom stereocenters. The minimum atomic E-state index is -2.69. The zero-order valence-electron chi connectivity index (χ0n) is 16.1. The van der Waals surface area contributed by atoms with Gasteiger partial charge in [-0.15, -0.1) is 0 Å². The van der Waals surface area contributed by atoms with Gasteiger partial charge in [0.05, 0.1) is 5.52 Å². The first-order valence-electron chi connectivity index (χ1n) is 9.98. The Labute approximate surface area is 170 Å². The van der Waals surface area contributed by atoms with Crippen molar-refractivity contribution in [2.24, 2.45) is 17.6 Å². The summed E-state index contributed by atoms with van der Waals surface area (Å²) >= 11 is 0. The van der Waals surface area contributed by atoms with Gasteiger partial charge in [0.1, 0.15) is 12.6 Å². The number of benzene rings is 1. The molecule has 0 radical (unpaired) electrons. The van der Waals surface area contributed by atoms with Crippen molar-refractivity contribution in [2.75, 3.05) is 6.54 Å². The number of rotatable bonds is 6. The molecule has 3 amide bonds. The van der Waals surface area contributed by atoms with E-state index < -0.39 is 23.8 Å². The van der Waals surface area contributed by atoms with Crippen LogP contribution in [0.2, 0.25) is 0 Å². The number of nitrogens with two attached hydrogens (primary N) is 1. The van der Waals surface area contributed by atoms with Crippen LogP contribution in [-0.2, 0) is 16.1 Å². The van der Waals surface area contributed by atoms with Gasteiger partial charge in [-0.2, -0.15) is 5.10 Å². The predicted molar refractivity (Wildman–Crippen MR) is 101 cm³/mol. The van der Waals surface area contributed by atoms with Crippen LogP contribution < -0.4 is 11.1 Å². The van der Waals surface area contributed by atoms with Crippen molar-refractivity contribution in [1.82, 2.24) is 20.0 Å². The Morgan fingerprint density at radius 1 is 1.23 bits per heavy atom. The molecular formula is C20H21F2N5O3. The lowest BCUT2D eigenvalue weighted by molar-refractivity contribution is -0.140. The van der Waals surface area contributed by atoms with E-state index in [1.54, 1.807) is 29.2 Å². The van der Waals surface area contributed by atoms with Crippen LogP contribution in [0.5, 0.6) is 0 Å². The molecule has 0 spiro atoms. The van der Waals surface area contributed by atoms with Gasteiger partial charge < -0.3 is 16.0 Å². The third-order valence-electron chi connectivity index (χ3n) is 6.35. The fourth-order valence-electron chi connectivity index (χ4n) is 4.52. The van der Waals surface area contributed by atoms with E-state index in [0.717, 1.165) is 6.42 Å². The topological polar surface area (TPSA) is 110 Å². The summed E-state index contributed by atoms with van der Waals surface area (Å²) < 4.78 is 27.6. The molecule has 2 heterocycles. The highest BCUT2D eigenvalue weighted by Gasteiger charge is 2.58. The Bertz CT molecular complexity index is 1070. The average Bonchev–Trinajstić information content (AvgIpc) is 3.49. The number of fused-ring (bicyclic) bond motifs is 2. The van der Waals surface area contributed by atoms with Crippen LogP contribution in [0.3, 0.4) is 0 Å². The van der Waals surface area contributed by atoms with Gasteiger partial charge >= 0.3 is 0 Å². The summed E-state index contributed by atoms with van der Waals surface area (Å²) in [7, 11) is 0. The third-order valence-corrected chi connectivity index (χ3v) is 6.35.